The molecule has 0 N–H and O–H groups in total. The van der Waals surface area contributed by atoms with Crippen LogP contribution in [0, 0.1) is 4.91 Å². The highest BCUT2D eigenvalue weighted by atomic mass is 16.3. The van der Waals surface area contributed by atoms with E-state index in [-0.39, 0.29) is 35.9 Å². The van der Waals surface area contributed by atoms with Gasteiger partial charge in [-0.2, -0.15) is 0 Å². The van der Waals surface area contributed by atoms with Crippen LogP contribution < -0.4 is 0 Å². The molecular formula is C12H13N5O3. The van der Waals surface area contributed by atoms with E-state index >= 15 is 0 Å². The molecule has 0 radical (unpaired) electrons. The van der Waals surface area contributed by atoms with Crippen LogP contribution in [-0.2, 0) is 0 Å². The number of rotatable bonds is 3. The number of hydrogen-bond acceptors (Lipinski definition) is 7. The molecule has 1 saturated heterocycles. The summed E-state index contributed by atoms with van der Waals surface area (Å²) in [5, 5.41) is 2.85. The van der Waals surface area contributed by atoms with E-state index in [1.807, 2.05) is 4.90 Å². The highest BCUT2D eigenvalue weighted by Gasteiger charge is 2.42. The average Bonchev–Trinajstić information content (AvgIpc) is 2.73. The van der Waals surface area contributed by atoms with E-state index in [2.05, 4.69) is 15.1 Å². The summed E-state index contributed by atoms with van der Waals surface area (Å²) in [6.07, 6.45) is 4.10. The SMILES string of the molecule is O=NCN1CCC(N2C(=O)c3nccnc3C2=O)CC1. The highest BCUT2D eigenvalue weighted by molar-refractivity contribution is 6.19. The molecule has 8 nitrogen and oxygen atoms in total. The Balaban J connectivity index is 1.76. The van der Waals surface area contributed by atoms with Crippen molar-refractivity contribution in [2.45, 2.75) is 18.9 Å². The van der Waals surface area contributed by atoms with Crippen LogP contribution in [-0.4, -0.2) is 57.4 Å². The molecule has 1 aromatic rings. The monoisotopic (exact) mass is 275 g/mol. The Morgan fingerprint density at radius 1 is 1.10 bits per heavy atom. The summed E-state index contributed by atoms with van der Waals surface area (Å²) in [5.74, 6) is -0.741. The first-order chi connectivity index (χ1) is 9.72. The lowest BCUT2D eigenvalue weighted by atomic mass is 10.0. The van der Waals surface area contributed by atoms with Gasteiger partial charge in [-0.05, 0) is 12.8 Å². The number of nitrogens with zero attached hydrogens (tertiary/aromatic N) is 5. The molecule has 0 aliphatic carbocycles. The smallest absolute Gasteiger partial charge is 0.281 e. The highest BCUT2D eigenvalue weighted by Crippen LogP contribution is 2.26. The van der Waals surface area contributed by atoms with Crippen molar-refractivity contribution in [3.63, 3.8) is 0 Å². The topological polar surface area (TPSA) is 95.8 Å². The summed E-state index contributed by atoms with van der Waals surface area (Å²) in [4.78, 5) is 45.7. The predicted molar refractivity (Wildman–Crippen MR) is 67.8 cm³/mol. The lowest BCUT2D eigenvalue weighted by molar-refractivity contribution is 0.0501. The molecule has 3 rings (SSSR count). The molecule has 1 aromatic heterocycles. The number of fused-ring (bicyclic) bond motifs is 1. The molecule has 0 spiro atoms. The number of amides is 2. The molecule has 2 aliphatic rings. The first-order valence-corrected chi connectivity index (χ1v) is 6.42. The lowest BCUT2D eigenvalue weighted by Crippen LogP contribution is -2.47. The van der Waals surface area contributed by atoms with Crippen molar-refractivity contribution in [2.24, 2.45) is 5.18 Å². The molecule has 0 saturated carbocycles. The number of hydrogen-bond donors (Lipinski definition) is 0. The number of carbonyl (C=O) groups excluding carboxylic acids is 2. The minimum atomic E-state index is -0.370. The Bertz CT molecular complexity index is 533. The van der Waals surface area contributed by atoms with Gasteiger partial charge in [0.1, 0.15) is 6.67 Å². The number of likely N-dealkylation sites (tertiary alicyclic amines) is 1. The van der Waals surface area contributed by atoms with Crippen LogP contribution in [0.25, 0.3) is 0 Å². The summed E-state index contributed by atoms with van der Waals surface area (Å²) in [6.45, 7) is 1.44. The number of nitroso groups, excluding NO2 is 1. The molecule has 0 atom stereocenters. The zero-order valence-corrected chi connectivity index (χ0v) is 10.7. The van der Waals surface area contributed by atoms with Gasteiger partial charge in [0.25, 0.3) is 11.8 Å². The van der Waals surface area contributed by atoms with Crippen LogP contribution in [0.2, 0.25) is 0 Å². The maximum absolute atomic E-state index is 12.2. The number of carbonyl (C=O) groups is 2. The minimum Gasteiger partial charge on any atom is -0.281 e. The lowest BCUT2D eigenvalue weighted by Gasteiger charge is -2.34. The van der Waals surface area contributed by atoms with Gasteiger partial charge in [0.05, 0.1) is 0 Å². The molecule has 0 bridgehead atoms. The Hall–Kier alpha value is -2.22. The fourth-order valence-corrected chi connectivity index (χ4v) is 2.70. The quantitative estimate of drug-likeness (QED) is 0.580. The van der Waals surface area contributed by atoms with Crippen LogP contribution in [0.4, 0.5) is 0 Å². The molecule has 20 heavy (non-hydrogen) atoms. The van der Waals surface area contributed by atoms with Crippen molar-refractivity contribution in [2.75, 3.05) is 19.8 Å². The normalized spacial score (nSPS) is 20.3. The van der Waals surface area contributed by atoms with E-state index in [0.29, 0.717) is 25.9 Å². The van der Waals surface area contributed by atoms with E-state index in [9.17, 15) is 14.5 Å². The maximum Gasteiger partial charge on any atom is 0.282 e. The number of piperidine rings is 1. The molecule has 0 unspecified atom stereocenters. The summed E-state index contributed by atoms with van der Waals surface area (Å²) >= 11 is 0. The minimum absolute atomic E-state index is 0.134. The van der Waals surface area contributed by atoms with Crippen molar-refractivity contribution in [1.82, 2.24) is 19.8 Å². The Kier molecular flexibility index (Phi) is 3.23. The zero-order valence-electron chi connectivity index (χ0n) is 10.7. The average molecular weight is 275 g/mol. The van der Waals surface area contributed by atoms with Crippen LogP contribution in [0.5, 0.6) is 0 Å². The number of imide groups is 1. The second-order valence-electron chi connectivity index (χ2n) is 4.85. The fourth-order valence-electron chi connectivity index (χ4n) is 2.70. The molecular weight excluding hydrogens is 262 g/mol. The van der Waals surface area contributed by atoms with Gasteiger partial charge in [-0.1, -0.05) is 5.18 Å². The van der Waals surface area contributed by atoms with E-state index in [1.54, 1.807) is 0 Å². The van der Waals surface area contributed by atoms with Crippen LogP contribution in [0.15, 0.2) is 17.6 Å². The van der Waals surface area contributed by atoms with Gasteiger partial charge in [0.2, 0.25) is 0 Å². The van der Waals surface area contributed by atoms with Crippen molar-refractivity contribution in [1.29, 1.82) is 0 Å². The first kappa shape index (κ1) is 12.8. The first-order valence-electron chi connectivity index (χ1n) is 6.42. The third kappa shape index (κ3) is 1.97. The van der Waals surface area contributed by atoms with Crippen molar-refractivity contribution in [3.8, 4) is 0 Å². The van der Waals surface area contributed by atoms with Gasteiger partial charge >= 0.3 is 0 Å². The Morgan fingerprint density at radius 3 is 2.15 bits per heavy atom. The Morgan fingerprint density at radius 2 is 1.65 bits per heavy atom. The summed E-state index contributed by atoms with van der Waals surface area (Å²) in [6, 6.07) is -0.158. The van der Waals surface area contributed by atoms with Crippen LogP contribution in [0.3, 0.4) is 0 Å². The van der Waals surface area contributed by atoms with Gasteiger partial charge in [-0.15, -0.1) is 4.91 Å². The van der Waals surface area contributed by atoms with Gasteiger partial charge in [0, 0.05) is 31.5 Å². The molecule has 0 aromatic carbocycles. The molecule has 2 amide bonds. The van der Waals surface area contributed by atoms with Crippen molar-refractivity contribution in [3.05, 3.63) is 28.7 Å². The van der Waals surface area contributed by atoms with E-state index < -0.39 is 0 Å². The summed E-state index contributed by atoms with van der Waals surface area (Å²) < 4.78 is 0. The second kappa shape index (κ2) is 5.04. The molecule has 1 fully saturated rings. The van der Waals surface area contributed by atoms with Gasteiger partial charge < -0.3 is 0 Å². The third-order valence-electron chi connectivity index (χ3n) is 3.72. The largest absolute Gasteiger partial charge is 0.282 e. The van der Waals surface area contributed by atoms with Crippen molar-refractivity contribution >= 4 is 11.8 Å². The number of aromatic nitrogens is 2. The third-order valence-corrected chi connectivity index (χ3v) is 3.72. The second-order valence-corrected chi connectivity index (χ2v) is 4.85. The predicted octanol–water partition coefficient (Wildman–Crippen LogP) is 0.261. The molecule has 2 aliphatic heterocycles. The van der Waals surface area contributed by atoms with Crippen LogP contribution in [0.1, 0.15) is 33.8 Å². The maximum atomic E-state index is 12.2. The molecule has 3 heterocycles. The molecule has 8 heteroatoms. The van der Waals surface area contributed by atoms with Gasteiger partial charge in [-0.3, -0.25) is 19.4 Å². The van der Waals surface area contributed by atoms with Gasteiger partial charge in [0.15, 0.2) is 11.4 Å². The summed E-state index contributed by atoms with van der Waals surface area (Å²) in [5.41, 5.74) is 0.268. The summed E-state index contributed by atoms with van der Waals surface area (Å²) in [7, 11) is 0. The van der Waals surface area contributed by atoms with E-state index in [0.717, 1.165) is 0 Å². The Labute approximate surface area is 114 Å². The zero-order chi connectivity index (χ0) is 14.1. The van der Waals surface area contributed by atoms with Gasteiger partial charge in [-0.25, -0.2) is 9.97 Å². The van der Waals surface area contributed by atoms with E-state index in [1.165, 1.54) is 17.3 Å². The molecule has 104 valence electrons. The van der Waals surface area contributed by atoms with Crippen molar-refractivity contribution < 1.29 is 9.59 Å². The standard InChI is InChI=1S/C12H13N5O3/c18-11-9-10(14-4-3-13-9)12(19)17(11)8-1-5-16(6-2-8)7-15-20/h3-4,8H,1-2,5-7H2. The fraction of sp³-hybridized carbons (Fsp3) is 0.500. The van der Waals surface area contributed by atoms with Crippen LogP contribution >= 0.6 is 0 Å². The van der Waals surface area contributed by atoms with E-state index in [4.69, 9.17) is 0 Å².